The maximum Gasteiger partial charge on any atom is 0.303 e. The molecule has 3 heterocycles. The summed E-state index contributed by atoms with van der Waals surface area (Å²) in [6.45, 7) is 5.51. The van der Waals surface area contributed by atoms with Gasteiger partial charge >= 0.3 is 5.97 Å². The van der Waals surface area contributed by atoms with Crippen LogP contribution in [0.15, 0.2) is 18.2 Å². The first-order valence-electron chi connectivity index (χ1n) is 9.10. The minimum atomic E-state index is -0.841. The normalized spacial score (nSPS) is 13.3. The minimum absolute atomic E-state index is 0.0300. The number of amides is 1. The first kappa shape index (κ1) is 18.9. The predicted octanol–water partition coefficient (Wildman–Crippen LogP) is 1.59. The summed E-state index contributed by atoms with van der Waals surface area (Å²) in [5, 5.41) is 13.2. The Balaban J connectivity index is 1.58. The van der Waals surface area contributed by atoms with Crippen LogP contribution in [0.4, 0.5) is 0 Å². The number of nitrogens with zero attached hydrogens (tertiary/aromatic N) is 4. The molecule has 144 valence electrons. The van der Waals surface area contributed by atoms with Gasteiger partial charge in [0.05, 0.1) is 36.6 Å². The predicted molar refractivity (Wildman–Crippen MR) is 97.4 cm³/mol. The van der Waals surface area contributed by atoms with E-state index in [0.717, 1.165) is 29.2 Å². The average Bonchev–Trinajstić information content (AvgIpc) is 3.07. The van der Waals surface area contributed by atoms with E-state index in [1.165, 1.54) is 0 Å². The number of aromatic nitrogens is 3. The van der Waals surface area contributed by atoms with Gasteiger partial charge in [0.25, 0.3) is 5.91 Å². The molecule has 2 aromatic rings. The highest BCUT2D eigenvalue weighted by Gasteiger charge is 2.23. The summed E-state index contributed by atoms with van der Waals surface area (Å²) in [4.78, 5) is 29.4. The van der Waals surface area contributed by atoms with Crippen molar-refractivity contribution in [3.63, 3.8) is 0 Å². The monoisotopic (exact) mass is 372 g/mol. The molecule has 0 atom stereocenters. The van der Waals surface area contributed by atoms with Crippen molar-refractivity contribution >= 4 is 11.9 Å². The molecule has 2 aromatic heterocycles. The lowest BCUT2D eigenvalue weighted by Gasteiger charge is -2.27. The molecular formula is C19H24N4O4. The SMILES string of the molecule is CCc1nc(C)ccc1OCC(=O)N1CCn2nc(CCC(=O)O)cc2C1. The van der Waals surface area contributed by atoms with Crippen LogP contribution >= 0.6 is 0 Å². The number of aliphatic carboxylic acids is 1. The third-order valence-electron chi connectivity index (χ3n) is 4.55. The van der Waals surface area contributed by atoms with E-state index < -0.39 is 5.97 Å². The maximum absolute atomic E-state index is 12.5. The van der Waals surface area contributed by atoms with Crippen molar-refractivity contribution < 1.29 is 19.4 Å². The van der Waals surface area contributed by atoms with Crippen LogP contribution in [0.3, 0.4) is 0 Å². The average molecular weight is 372 g/mol. The van der Waals surface area contributed by atoms with Gasteiger partial charge in [-0.05, 0) is 31.5 Å². The van der Waals surface area contributed by atoms with Crippen molar-refractivity contribution in [2.75, 3.05) is 13.2 Å². The lowest BCUT2D eigenvalue weighted by molar-refractivity contribution is -0.137. The standard InChI is InChI=1S/C19H24N4O4/c1-3-16-17(6-4-13(2)20-16)27-12-18(24)22-8-9-23-15(11-22)10-14(21-23)5-7-19(25)26/h4,6,10H,3,5,7-9,11-12H2,1-2H3,(H,25,26). The fourth-order valence-corrected chi connectivity index (χ4v) is 3.11. The van der Waals surface area contributed by atoms with Gasteiger partial charge in [-0.25, -0.2) is 0 Å². The van der Waals surface area contributed by atoms with E-state index in [-0.39, 0.29) is 18.9 Å². The molecule has 27 heavy (non-hydrogen) atoms. The Bertz CT molecular complexity index is 846. The molecule has 8 heteroatoms. The van der Waals surface area contributed by atoms with E-state index in [1.54, 1.807) is 4.90 Å². The number of hydrogen-bond acceptors (Lipinski definition) is 5. The molecule has 8 nitrogen and oxygen atoms in total. The molecule has 0 bridgehead atoms. The highest BCUT2D eigenvalue weighted by molar-refractivity contribution is 5.77. The molecule has 0 spiro atoms. The van der Waals surface area contributed by atoms with Crippen molar-refractivity contribution in [1.29, 1.82) is 0 Å². The number of carboxylic acid groups (broad SMARTS) is 1. The van der Waals surface area contributed by atoms with E-state index in [4.69, 9.17) is 9.84 Å². The van der Waals surface area contributed by atoms with Crippen molar-refractivity contribution in [2.45, 2.75) is 46.2 Å². The molecule has 1 aliphatic rings. The number of hydrogen-bond donors (Lipinski definition) is 1. The number of carboxylic acids is 1. The van der Waals surface area contributed by atoms with Crippen molar-refractivity contribution in [3.8, 4) is 5.75 Å². The molecule has 0 aromatic carbocycles. The van der Waals surface area contributed by atoms with Gasteiger partial charge in [-0.3, -0.25) is 19.3 Å². The van der Waals surface area contributed by atoms with Gasteiger partial charge in [-0.1, -0.05) is 6.92 Å². The molecule has 0 unspecified atom stereocenters. The van der Waals surface area contributed by atoms with E-state index >= 15 is 0 Å². The van der Waals surface area contributed by atoms with Gasteiger partial charge in [-0.15, -0.1) is 0 Å². The summed E-state index contributed by atoms with van der Waals surface area (Å²) in [5.41, 5.74) is 3.44. The number of ether oxygens (including phenoxy) is 1. The van der Waals surface area contributed by atoms with Crippen LogP contribution in [0.2, 0.25) is 0 Å². The number of rotatable bonds is 7. The fraction of sp³-hybridized carbons (Fsp3) is 0.474. The molecular weight excluding hydrogens is 348 g/mol. The summed E-state index contributed by atoms with van der Waals surface area (Å²) in [6, 6.07) is 5.61. The second-order valence-electron chi connectivity index (χ2n) is 6.60. The summed E-state index contributed by atoms with van der Waals surface area (Å²) in [6.07, 6.45) is 1.19. The largest absolute Gasteiger partial charge is 0.482 e. The van der Waals surface area contributed by atoms with Gasteiger partial charge in [0.15, 0.2) is 6.61 Å². The van der Waals surface area contributed by atoms with Crippen LogP contribution in [0.1, 0.15) is 36.1 Å². The van der Waals surface area contributed by atoms with Gasteiger partial charge < -0.3 is 14.7 Å². The van der Waals surface area contributed by atoms with Crippen molar-refractivity contribution in [3.05, 3.63) is 41.0 Å². The van der Waals surface area contributed by atoms with Crippen molar-refractivity contribution in [1.82, 2.24) is 19.7 Å². The molecule has 1 amide bonds. The molecule has 1 aliphatic heterocycles. The van der Waals surface area contributed by atoms with Gasteiger partial charge in [-0.2, -0.15) is 5.10 Å². The van der Waals surface area contributed by atoms with E-state index in [1.807, 2.05) is 36.7 Å². The van der Waals surface area contributed by atoms with Crippen LogP contribution in [0, 0.1) is 6.92 Å². The Morgan fingerprint density at radius 1 is 1.30 bits per heavy atom. The second-order valence-corrected chi connectivity index (χ2v) is 6.60. The highest BCUT2D eigenvalue weighted by Crippen LogP contribution is 2.19. The van der Waals surface area contributed by atoms with Crippen LogP contribution in [-0.2, 0) is 35.5 Å². The number of aryl methyl sites for hydroxylation is 3. The fourth-order valence-electron chi connectivity index (χ4n) is 3.11. The highest BCUT2D eigenvalue weighted by atomic mass is 16.5. The van der Waals surface area contributed by atoms with Gasteiger partial charge in [0.2, 0.25) is 0 Å². The number of carbonyl (C=O) groups excluding carboxylic acids is 1. The van der Waals surface area contributed by atoms with Gasteiger partial charge in [0.1, 0.15) is 5.75 Å². The van der Waals surface area contributed by atoms with Crippen LogP contribution < -0.4 is 4.74 Å². The Morgan fingerprint density at radius 3 is 2.85 bits per heavy atom. The third kappa shape index (κ3) is 4.64. The van der Waals surface area contributed by atoms with Crippen LogP contribution in [0.25, 0.3) is 0 Å². The zero-order valence-corrected chi connectivity index (χ0v) is 15.6. The third-order valence-corrected chi connectivity index (χ3v) is 4.55. The molecule has 0 aliphatic carbocycles. The Morgan fingerprint density at radius 2 is 2.11 bits per heavy atom. The van der Waals surface area contributed by atoms with Crippen molar-refractivity contribution in [2.24, 2.45) is 0 Å². The molecule has 1 N–H and O–H groups in total. The quantitative estimate of drug-likeness (QED) is 0.793. The van der Waals surface area contributed by atoms with E-state index in [9.17, 15) is 9.59 Å². The molecule has 3 rings (SSSR count). The lowest BCUT2D eigenvalue weighted by Crippen LogP contribution is -2.40. The summed E-state index contributed by atoms with van der Waals surface area (Å²) >= 11 is 0. The van der Waals surface area contributed by atoms with Crippen LogP contribution in [-0.4, -0.2) is 49.8 Å². The van der Waals surface area contributed by atoms with E-state index in [2.05, 4.69) is 10.1 Å². The topological polar surface area (TPSA) is 97.5 Å². The number of fused-ring (bicyclic) bond motifs is 1. The zero-order valence-electron chi connectivity index (χ0n) is 15.6. The number of carbonyl (C=O) groups is 2. The first-order valence-corrected chi connectivity index (χ1v) is 9.10. The number of pyridine rings is 1. The molecule has 0 saturated heterocycles. The Kier molecular flexibility index (Phi) is 5.73. The smallest absolute Gasteiger partial charge is 0.303 e. The lowest BCUT2D eigenvalue weighted by atomic mass is 10.2. The summed E-state index contributed by atoms with van der Waals surface area (Å²) in [7, 11) is 0. The molecule has 0 saturated carbocycles. The molecule has 0 radical (unpaired) electrons. The van der Waals surface area contributed by atoms with E-state index in [0.29, 0.717) is 31.8 Å². The Labute approximate surface area is 157 Å². The molecule has 0 fully saturated rings. The maximum atomic E-state index is 12.5. The first-order chi connectivity index (χ1) is 13.0. The summed E-state index contributed by atoms with van der Waals surface area (Å²) < 4.78 is 7.56. The van der Waals surface area contributed by atoms with Crippen LogP contribution in [0.5, 0.6) is 5.75 Å². The zero-order chi connectivity index (χ0) is 19.4. The Hall–Kier alpha value is -2.90. The minimum Gasteiger partial charge on any atom is -0.482 e. The summed E-state index contributed by atoms with van der Waals surface area (Å²) in [5.74, 6) is -0.279. The van der Waals surface area contributed by atoms with Gasteiger partial charge in [0, 0.05) is 18.7 Å². The second kappa shape index (κ2) is 8.20.